The van der Waals surface area contributed by atoms with Gasteiger partial charge in [0, 0.05) is 17.3 Å². The van der Waals surface area contributed by atoms with Gasteiger partial charge >= 0.3 is 0 Å². The standard InChI is InChI=1S/C28H21N5O2S/c1-19-14-21(12-13-24(19)35-17-20-8-4-2-5-9-20)26-22(16-32(31-26)23-10-6-3-7-11-23)15-25-27(34)33-28(36-25)29-18-30-33/h2-16,18H,17H2,1H3/b25-15-. The van der Waals surface area contributed by atoms with E-state index in [0.29, 0.717) is 16.1 Å². The van der Waals surface area contributed by atoms with Gasteiger partial charge in [0.2, 0.25) is 4.96 Å². The van der Waals surface area contributed by atoms with E-state index < -0.39 is 0 Å². The highest BCUT2D eigenvalue weighted by Crippen LogP contribution is 2.29. The minimum absolute atomic E-state index is 0.188. The molecule has 0 N–H and O–H groups in total. The van der Waals surface area contributed by atoms with E-state index in [1.165, 1.54) is 22.2 Å². The third-order valence-electron chi connectivity index (χ3n) is 5.86. The van der Waals surface area contributed by atoms with Gasteiger partial charge in [-0.15, -0.1) is 0 Å². The van der Waals surface area contributed by atoms with E-state index in [-0.39, 0.29) is 5.56 Å². The first kappa shape index (κ1) is 21.9. The molecule has 6 aromatic rings. The van der Waals surface area contributed by atoms with Crippen LogP contribution in [0.25, 0.3) is 28.0 Å². The van der Waals surface area contributed by atoms with E-state index in [1.54, 1.807) is 0 Å². The number of aromatic nitrogens is 5. The molecule has 7 nitrogen and oxygen atoms in total. The molecule has 0 bridgehead atoms. The van der Waals surface area contributed by atoms with Gasteiger partial charge in [0.25, 0.3) is 5.56 Å². The fourth-order valence-electron chi connectivity index (χ4n) is 4.04. The summed E-state index contributed by atoms with van der Waals surface area (Å²) in [5.41, 5.74) is 5.41. The van der Waals surface area contributed by atoms with Crippen molar-refractivity contribution in [1.82, 2.24) is 24.4 Å². The largest absolute Gasteiger partial charge is 0.489 e. The topological polar surface area (TPSA) is 74.3 Å². The molecule has 0 saturated heterocycles. The summed E-state index contributed by atoms with van der Waals surface area (Å²) in [6, 6.07) is 26.0. The van der Waals surface area contributed by atoms with Gasteiger partial charge < -0.3 is 4.74 Å². The lowest BCUT2D eigenvalue weighted by atomic mass is 10.0. The third kappa shape index (κ3) is 4.18. The van der Waals surface area contributed by atoms with Crippen LogP contribution >= 0.6 is 11.3 Å². The average Bonchev–Trinajstić information content (AvgIpc) is 3.62. The highest BCUT2D eigenvalue weighted by molar-refractivity contribution is 7.15. The Morgan fingerprint density at radius 3 is 2.53 bits per heavy atom. The van der Waals surface area contributed by atoms with Crippen molar-refractivity contribution in [3.05, 3.63) is 123 Å². The molecule has 176 valence electrons. The number of benzene rings is 3. The predicted octanol–water partition coefficient (Wildman–Crippen LogP) is 4.44. The fraction of sp³-hybridized carbons (Fsp3) is 0.0714. The van der Waals surface area contributed by atoms with Crippen LogP contribution in [-0.2, 0) is 6.61 Å². The first-order valence-corrected chi connectivity index (χ1v) is 12.2. The van der Waals surface area contributed by atoms with Gasteiger partial charge in [-0.2, -0.15) is 14.7 Å². The van der Waals surface area contributed by atoms with Gasteiger partial charge in [0.05, 0.1) is 10.2 Å². The molecule has 0 atom stereocenters. The van der Waals surface area contributed by atoms with Gasteiger partial charge in [-0.1, -0.05) is 59.9 Å². The lowest BCUT2D eigenvalue weighted by Gasteiger charge is -2.10. The predicted molar refractivity (Wildman–Crippen MR) is 140 cm³/mol. The number of aryl methyl sites for hydroxylation is 1. The molecule has 8 heteroatoms. The molecule has 0 spiro atoms. The Bertz CT molecular complexity index is 1770. The van der Waals surface area contributed by atoms with Gasteiger partial charge in [-0.05, 0) is 54.5 Å². The van der Waals surface area contributed by atoms with Crippen molar-refractivity contribution >= 4 is 22.4 Å². The summed E-state index contributed by atoms with van der Waals surface area (Å²) in [6.07, 6.45) is 5.19. The van der Waals surface area contributed by atoms with Crippen LogP contribution in [0, 0.1) is 6.92 Å². The smallest absolute Gasteiger partial charge is 0.291 e. The van der Waals surface area contributed by atoms with E-state index in [4.69, 9.17) is 9.84 Å². The van der Waals surface area contributed by atoms with Crippen LogP contribution in [0.1, 0.15) is 16.7 Å². The summed E-state index contributed by atoms with van der Waals surface area (Å²) in [7, 11) is 0. The van der Waals surface area contributed by atoms with Crippen LogP contribution in [0.2, 0.25) is 0 Å². The Balaban J connectivity index is 1.41. The van der Waals surface area contributed by atoms with Crippen molar-refractivity contribution in [2.24, 2.45) is 0 Å². The number of ether oxygens (including phenoxy) is 1. The maximum atomic E-state index is 12.8. The molecular weight excluding hydrogens is 470 g/mol. The van der Waals surface area contributed by atoms with Crippen molar-refractivity contribution in [3.63, 3.8) is 0 Å². The molecule has 0 saturated carbocycles. The van der Waals surface area contributed by atoms with Gasteiger partial charge in [0.1, 0.15) is 24.4 Å². The summed E-state index contributed by atoms with van der Waals surface area (Å²) < 4.78 is 9.77. The molecule has 0 aliphatic heterocycles. The highest BCUT2D eigenvalue weighted by atomic mass is 32.1. The first-order chi connectivity index (χ1) is 17.7. The fourth-order valence-corrected chi connectivity index (χ4v) is 4.92. The van der Waals surface area contributed by atoms with Crippen LogP contribution in [0.5, 0.6) is 5.75 Å². The summed E-state index contributed by atoms with van der Waals surface area (Å²) in [5, 5.41) is 8.91. The molecule has 0 fully saturated rings. The maximum absolute atomic E-state index is 12.8. The maximum Gasteiger partial charge on any atom is 0.291 e. The molecule has 0 aliphatic carbocycles. The number of hydrogen-bond donors (Lipinski definition) is 0. The number of nitrogens with zero attached hydrogens (tertiary/aromatic N) is 5. The average molecular weight is 492 g/mol. The van der Waals surface area contributed by atoms with E-state index in [2.05, 4.69) is 16.1 Å². The molecule has 0 amide bonds. The second kappa shape index (κ2) is 9.24. The Morgan fingerprint density at radius 1 is 1.00 bits per heavy atom. The molecule has 0 unspecified atom stereocenters. The lowest BCUT2D eigenvalue weighted by Crippen LogP contribution is -2.23. The molecule has 0 aliphatic rings. The Kier molecular flexibility index (Phi) is 5.63. The van der Waals surface area contributed by atoms with Crippen LogP contribution in [0.3, 0.4) is 0 Å². The number of rotatable bonds is 6. The van der Waals surface area contributed by atoms with E-state index in [9.17, 15) is 4.79 Å². The number of thiazole rings is 1. The van der Waals surface area contributed by atoms with Crippen molar-refractivity contribution in [2.45, 2.75) is 13.5 Å². The third-order valence-corrected chi connectivity index (χ3v) is 6.83. The zero-order chi connectivity index (χ0) is 24.5. The van der Waals surface area contributed by atoms with Crippen molar-refractivity contribution in [1.29, 1.82) is 0 Å². The molecule has 0 radical (unpaired) electrons. The van der Waals surface area contributed by atoms with Crippen LogP contribution in [0.4, 0.5) is 0 Å². The molecule has 3 aromatic heterocycles. The van der Waals surface area contributed by atoms with Gasteiger partial charge in [0.15, 0.2) is 0 Å². The SMILES string of the molecule is Cc1cc(-c2nn(-c3ccccc3)cc2/C=c2\sc3ncnn3c2=O)ccc1OCc1ccccc1. The molecular formula is C28H21N5O2S. The second-order valence-electron chi connectivity index (χ2n) is 8.34. The van der Waals surface area contributed by atoms with E-state index in [1.807, 2.05) is 96.7 Å². The van der Waals surface area contributed by atoms with Crippen LogP contribution in [0.15, 0.2) is 96.2 Å². The molecule has 3 heterocycles. The second-order valence-corrected chi connectivity index (χ2v) is 9.35. The zero-order valence-electron chi connectivity index (χ0n) is 19.4. The van der Waals surface area contributed by atoms with Crippen molar-refractivity contribution in [3.8, 4) is 22.7 Å². The molecule has 36 heavy (non-hydrogen) atoms. The number of hydrogen-bond acceptors (Lipinski definition) is 6. The number of para-hydroxylation sites is 1. The minimum Gasteiger partial charge on any atom is -0.489 e. The normalized spacial score (nSPS) is 11.9. The Morgan fingerprint density at radius 2 is 1.78 bits per heavy atom. The first-order valence-electron chi connectivity index (χ1n) is 11.4. The van der Waals surface area contributed by atoms with Crippen molar-refractivity contribution < 1.29 is 4.74 Å². The Hall–Kier alpha value is -4.56. The highest BCUT2D eigenvalue weighted by Gasteiger charge is 2.14. The quantitative estimate of drug-likeness (QED) is 0.344. The Labute approximate surface area is 210 Å². The van der Waals surface area contributed by atoms with Gasteiger partial charge in [-0.25, -0.2) is 9.67 Å². The van der Waals surface area contributed by atoms with Crippen molar-refractivity contribution in [2.75, 3.05) is 0 Å². The minimum atomic E-state index is -0.188. The van der Waals surface area contributed by atoms with E-state index in [0.717, 1.165) is 39.4 Å². The monoisotopic (exact) mass is 491 g/mol. The zero-order valence-corrected chi connectivity index (χ0v) is 20.2. The van der Waals surface area contributed by atoms with E-state index >= 15 is 0 Å². The van der Waals surface area contributed by atoms with Gasteiger partial charge in [-0.3, -0.25) is 4.79 Å². The lowest BCUT2D eigenvalue weighted by molar-refractivity contribution is 0.304. The molecule has 3 aromatic carbocycles. The molecule has 6 rings (SSSR count). The number of fused-ring (bicyclic) bond motifs is 1. The van der Waals surface area contributed by atoms with Crippen LogP contribution in [-0.4, -0.2) is 24.4 Å². The summed E-state index contributed by atoms with van der Waals surface area (Å²) >= 11 is 1.31. The summed E-state index contributed by atoms with van der Waals surface area (Å²) in [4.78, 5) is 17.5. The van der Waals surface area contributed by atoms with Crippen LogP contribution < -0.4 is 14.8 Å². The summed E-state index contributed by atoms with van der Waals surface area (Å²) in [5.74, 6) is 0.822. The summed E-state index contributed by atoms with van der Waals surface area (Å²) in [6.45, 7) is 2.53.